The number of carbonyl (C=O) groups excluding carboxylic acids is 2. The van der Waals surface area contributed by atoms with Crippen LogP contribution >= 0.6 is 15.9 Å². The van der Waals surface area contributed by atoms with Crippen LogP contribution in [-0.2, 0) is 9.59 Å². The number of hydrogen-bond acceptors (Lipinski definition) is 3. The Balaban J connectivity index is 2.16. The summed E-state index contributed by atoms with van der Waals surface area (Å²) < 4.78 is 14.1. The van der Waals surface area contributed by atoms with Gasteiger partial charge in [0.25, 0.3) is 5.91 Å². The van der Waals surface area contributed by atoms with Crippen LogP contribution in [0.4, 0.5) is 10.1 Å². The van der Waals surface area contributed by atoms with Crippen molar-refractivity contribution < 1.29 is 19.1 Å². The molecule has 122 valence electrons. The third-order valence-corrected chi connectivity index (χ3v) is 4.41. The maximum atomic E-state index is 13.2. The summed E-state index contributed by atoms with van der Waals surface area (Å²) in [6, 6.07) is 11.6. The van der Waals surface area contributed by atoms with Gasteiger partial charge in [-0.1, -0.05) is 28.1 Å². The van der Waals surface area contributed by atoms with E-state index in [1.54, 1.807) is 24.3 Å². The molecule has 0 spiro atoms. The number of hydrogen-bond donors (Lipinski definition) is 1. The quantitative estimate of drug-likeness (QED) is 0.860. The molecule has 1 N–H and O–H groups in total. The van der Waals surface area contributed by atoms with Gasteiger partial charge in [0.15, 0.2) is 11.5 Å². The van der Waals surface area contributed by atoms with Gasteiger partial charge in [-0.2, -0.15) is 0 Å². The minimum absolute atomic E-state index is 0.00882. The lowest BCUT2D eigenvalue weighted by Crippen LogP contribution is -2.30. The number of carbonyl (C=O) groups is 2. The zero-order valence-electron chi connectivity index (χ0n) is 12.7. The number of Topliss-reactive ketones (excluding diaryl/α,β-unsaturated/α-hetero) is 1. The van der Waals surface area contributed by atoms with Crippen molar-refractivity contribution >= 4 is 33.3 Å². The average molecular weight is 390 g/mol. The maximum absolute atomic E-state index is 13.2. The Morgan fingerprint density at radius 3 is 2.25 bits per heavy atom. The molecule has 4 nitrogen and oxygen atoms in total. The van der Waals surface area contributed by atoms with E-state index in [1.807, 2.05) is 0 Å². The van der Waals surface area contributed by atoms with Crippen LogP contribution in [0.25, 0.3) is 0 Å². The van der Waals surface area contributed by atoms with Crippen LogP contribution in [0.2, 0.25) is 0 Å². The highest BCUT2D eigenvalue weighted by Crippen LogP contribution is 2.41. The Labute approximate surface area is 146 Å². The van der Waals surface area contributed by atoms with Crippen LogP contribution in [0, 0.1) is 5.82 Å². The van der Waals surface area contributed by atoms with Crippen molar-refractivity contribution in [2.45, 2.75) is 13.0 Å². The first kappa shape index (κ1) is 16.4. The van der Waals surface area contributed by atoms with Gasteiger partial charge in [0.05, 0.1) is 11.6 Å². The second-order valence-electron chi connectivity index (χ2n) is 5.42. The van der Waals surface area contributed by atoms with Gasteiger partial charge in [-0.05, 0) is 48.9 Å². The number of ketones is 1. The number of benzene rings is 2. The van der Waals surface area contributed by atoms with E-state index in [0.29, 0.717) is 11.3 Å². The molecule has 3 rings (SSSR count). The van der Waals surface area contributed by atoms with E-state index in [2.05, 4.69) is 15.9 Å². The number of halogens is 2. The van der Waals surface area contributed by atoms with E-state index >= 15 is 0 Å². The molecular weight excluding hydrogens is 377 g/mol. The average Bonchev–Trinajstić information content (AvgIpc) is 2.81. The van der Waals surface area contributed by atoms with E-state index in [1.165, 1.54) is 36.1 Å². The minimum atomic E-state index is -0.795. The number of aliphatic hydroxyl groups excluding tert-OH is 1. The van der Waals surface area contributed by atoms with Gasteiger partial charge in [-0.25, -0.2) is 4.39 Å². The molecule has 0 unspecified atom stereocenters. The Morgan fingerprint density at radius 2 is 1.71 bits per heavy atom. The van der Waals surface area contributed by atoms with Gasteiger partial charge in [0.2, 0.25) is 0 Å². The zero-order chi connectivity index (χ0) is 17.4. The third kappa shape index (κ3) is 2.73. The van der Waals surface area contributed by atoms with Crippen LogP contribution < -0.4 is 4.90 Å². The van der Waals surface area contributed by atoms with Crippen molar-refractivity contribution in [2.24, 2.45) is 0 Å². The normalized spacial score (nSPS) is 17.5. The number of nitrogens with zero attached hydrogens (tertiary/aromatic N) is 1. The fourth-order valence-electron chi connectivity index (χ4n) is 2.79. The van der Waals surface area contributed by atoms with E-state index in [0.717, 1.165) is 4.47 Å². The molecule has 24 heavy (non-hydrogen) atoms. The molecular formula is C18H13BrFNO3. The molecule has 0 bridgehead atoms. The minimum Gasteiger partial charge on any atom is -0.503 e. The number of amides is 1. The van der Waals surface area contributed by atoms with Crippen LogP contribution in [-0.4, -0.2) is 16.8 Å². The third-order valence-electron chi connectivity index (χ3n) is 3.88. The molecule has 0 aliphatic carbocycles. The van der Waals surface area contributed by atoms with Gasteiger partial charge in [-0.3, -0.25) is 14.5 Å². The lowest BCUT2D eigenvalue weighted by Gasteiger charge is -2.26. The van der Waals surface area contributed by atoms with Gasteiger partial charge < -0.3 is 5.11 Å². The predicted molar refractivity (Wildman–Crippen MR) is 91.1 cm³/mol. The Bertz CT molecular complexity index is 844. The standard InChI is InChI=1S/C18H13BrFNO3/c1-10(22)15-16(11-2-6-13(20)7-3-11)21(18(24)17(15)23)14-8-4-12(19)5-9-14/h2-9,16,23H,1H3/t16-/m1/s1. The predicted octanol–water partition coefficient (Wildman–Crippen LogP) is 4.08. The summed E-state index contributed by atoms with van der Waals surface area (Å²) in [7, 11) is 0. The molecule has 0 saturated carbocycles. The molecule has 6 heteroatoms. The summed E-state index contributed by atoms with van der Waals surface area (Å²) in [5.74, 6) is -2.05. The summed E-state index contributed by atoms with van der Waals surface area (Å²) in [4.78, 5) is 25.9. The van der Waals surface area contributed by atoms with Crippen molar-refractivity contribution in [3.8, 4) is 0 Å². The van der Waals surface area contributed by atoms with Crippen LogP contribution in [0.3, 0.4) is 0 Å². The molecule has 1 heterocycles. The number of aliphatic hydroxyl groups is 1. The monoisotopic (exact) mass is 389 g/mol. The van der Waals surface area contributed by atoms with Gasteiger partial charge in [0.1, 0.15) is 5.82 Å². The molecule has 0 saturated heterocycles. The van der Waals surface area contributed by atoms with Crippen molar-refractivity contribution in [1.29, 1.82) is 0 Å². The van der Waals surface area contributed by atoms with Crippen LogP contribution in [0.1, 0.15) is 18.5 Å². The van der Waals surface area contributed by atoms with Gasteiger partial charge in [0, 0.05) is 10.2 Å². The fourth-order valence-corrected chi connectivity index (χ4v) is 3.06. The summed E-state index contributed by atoms with van der Waals surface area (Å²) in [5, 5.41) is 10.2. The second kappa shape index (κ2) is 6.20. The van der Waals surface area contributed by atoms with Gasteiger partial charge in [-0.15, -0.1) is 0 Å². The SMILES string of the molecule is CC(=O)C1=C(O)C(=O)N(c2ccc(Br)cc2)[C@@H]1c1ccc(F)cc1. The molecule has 0 aromatic heterocycles. The molecule has 2 aromatic rings. The lowest BCUT2D eigenvalue weighted by molar-refractivity contribution is -0.117. The Morgan fingerprint density at radius 1 is 1.12 bits per heavy atom. The second-order valence-corrected chi connectivity index (χ2v) is 6.34. The van der Waals surface area contributed by atoms with E-state index in [-0.39, 0.29) is 5.57 Å². The molecule has 1 aliphatic heterocycles. The highest BCUT2D eigenvalue weighted by atomic mass is 79.9. The van der Waals surface area contributed by atoms with Crippen molar-refractivity contribution in [3.63, 3.8) is 0 Å². The van der Waals surface area contributed by atoms with Gasteiger partial charge >= 0.3 is 0 Å². The number of rotatable bonds is 3. The summed E-state index contributed by atoms with van der Waals surface area (Å²) in [6.45, 7) is 1.29. The zero-order valence-corrected chi connectivity index (χ0v) is 14.2. The Kier molecular flexibility index (Phi) is 4.24. The largest absolute Gasteiger partial charge is 0.503 e. The van der Waals surface area contributed by atoms with E-state index < -0.39 is 29.3 Å². The first-order valence-corrected chi connectivity index (χ1v) is 7.98. The Hall–Kier alpha value is -2.47. The lowest BCUT2D eigenvalue weighted by atomic mass is 9.96. The fraction of sp³-hybridized carbons (Fsp3) is 0.111. The maximum Gasteiger partial charge on any atom is 0.294 e. The van der Waals surface area contributed by atoms with Crippen LogP contribution in [0.15, 0.2) is 64.3 Å². The molecule has 0 fully saturated rings. The van der Waals surface area contributed by atoms with Crippen molar-refractivity contribution in [1.82, 2.24) is 0 Å². The summed E-state index contributed by atoms with van der Waals surface area (Å²) >= 11 is 3.33. The number of anilines is 1. The van der Waals surface area contributed by atoms with Crippen molar-refractivity contribution in [3.05, 3.63) is 75.7 Å². The molecule has 1 atom stereocenters. The first-order chi connectivity index (χ1) is 11.4. The topological polar surface area (TPSA) is 57.6 Å². The van der Waals surface area contributed by atoms with E-state index in [4.69, 9.17) is 0 Å². The van der Waals surface area contributed by atoms with E-state index in [9.17, 15) is 19.1 Å². The molecule has 2 aromatic carbocycles. The first-order valence-electron chi connectivity index (χ1n) is 7.19. The molecule has 0 radical (unpaired) electrons. The molecule has 1 amide bonds. The highest BCUT2D eigenvalue weighted by molar-refractivity contribution is 9.10. The molecule has 1 aliphatic rings. The van der Waals surface area contributed by atoms with Crippen LogP contribution in [0.5, 0.6) is 0 Å². The summed E-state index contributed by atoms with van der Waals surface area (Å²) in [5.41, 5.74) is 1.08. The summed E-state index contributed by atoms with van der Waals surface area (Å²) in [6.07, 6.45) is 0. The highest BCUT2D eigenvalue weighted by Gasteiger charge is 2.43. The smallest absolute Gasteiger partial charge is 0.294 e. The van der Waals surface area contributed by atoms with Crippen molar-refractivity contribution in [2.75, 3.05) is 4.90 Å².